The zero-order valence-corrected chi connectivity index (χ0v) is 10.8. The second-order valence-corrected chi connectivity index (χ2v) is 4.57. The van der Waals surface area contributed by atoms with Gasteiger partial charge in [0.1, 0.15) is 12.4 Å². The Kier molecular flexibility index (Phi) is 5.08. The molecule has 0 aliphatic heterocycles. The topological polar surface area (TPSA) is 38.5 Å². The van der Waals surface area contributed by atoms with Crippen LogP contribution < -0.4 is 10.5 Å². The van der Waals surface area contributed by atoms with Gasteiger partial charge in [0, 0.05) is 17.6 Å². The van der Waals surface area contributed by atoms with Crippen LogP contribution in [0.5, 0.6) is 5.75 Å². The number of likely N-dealkylation sites (N-methyl/N-ethyl adjacent to an activating group) is 1. The normalized spacial score (nSPS) is 10.7. The third-order valence-corrected chi connectivity index (χ3v) is 2.43. The van der Waals surface area contributed by atoms with Crippen LogP contribution in [0.15, 0.2) is 22.7 Å². The average molecular weight is 273 g/mol. The van der Waals surface area contributed by atoms with Gasteiger partial charge in [-0.1, -0.05) is 15.9 Å². The van der Waals surface area contributed by atoms with Gasteiger partial charge in [-0.05, 0) is 37.9 Å². The summed E-state index contributed by atoms with van der Waals surface area (Å²) in [5, 5.41) is 0. The van der Waals surface area contributed by atoms with Crippen LogP contribution in [-0.2, 0) is 6.54 Å². The summed E-state index contributed by atoms with van der Waals surface area (Å²) >= 11 is 3.43. The van der Waals surface area contributed by atoms with E-state index in [4.69, 9.17) is 10.5 Å². The van der Waals surface area contributed by atoms with Gasteiger partial charge in [-0.3, -0.25) is 0 Å². The van der Waals surface area contributed by atoms with Gasteiger partial charge in [0.25, 0.3) is 0 Å². The highest BCUT2D eigenvalue weighted by atomic mass is 79.9. The molecule has 3 nitrogen and oxygen atoms in total. The van der Waals surface area contributed by atoms with Crippen LogP contribution in [0, 0.1) is 0 Å². The number of rotatable bonds is 5. The number of hydrogen-bond acceptors (Lipinski definition) is 3. The van der Waals surface area contributed by atoms with Crippen molar-refractivity contribution in [2.24, 2.45) is 5.73 Å². The van der Waals surface area contributed by atoms with Gasteiger partial charge in [0.05, 0.1) is 0 Å². The maximum Gasteiger partial charge on any atom is 0.120 e. The summed E-state index contributed by atoms with van der Waals surface area (Å²) in [7, 11) is 4.05. The van der Waals surface area contributed by atoms with E-state index in [2.05, 4.69) is 20.8 Å². The van der Waals surface area contributed by atoms with E-state index in [-0.39, 0.29) is 0 Å². The highest BCUT2D eigenvalue weighted by Crippen LogP contribution is 2.21. The number of ether oxygens (including phenoxy) is 1. The Balaban J connectivity index is 2.56. The van der Waals surface area contributed by atoms with Crippen LogP contribution in [0.1, 0.15) is 5.56 Å². The Labute approximate surface area is 99.3 Å². The van der Waals surface area contributed by atoms with E-state index in [0.29, 0.717) is 13.2 Å². The van der Waals surface area contributed by atoms with E-state index < -0.39 is 0 Å². The van der Waals surface area contributed by atoms with Crippen LogP contribution >= 0.6 is 15.9 Å². The smallest absolute Gasteiger partial charge is 0.120 e. The fourth-order valence-corrected chi connectivity index (χ4v) is 1.69. The van der Waals surface area contributed by atoms with Crippen LogP contribution in [0.4, 0.5) is 0 Å². The Morgan fingerprint density at radius 3 is 2.67 bits per heavy atom. The van der Waals surface area contributed by atoms with Crippen molar-refractivity contribution in [3.8, 4) is 5.75 Å². The lowest BCUT2D eigenvalue weighted by molar-refractivity contribution is 0.261. The molecule has 84 valence electrons. The molecule has 1 aromatic rings. The molecule has 1 rings (SSSR count). The molecular weight excluding hydrogens is 256 g/mol. The molecule has 0 aromatic heterocycles. The van der Waals surface area contributed by atoms with Crippen molar-refractivity contribution in [3.63, 3.8) is 0 Å². The summed E-state index contributed by atoms with van der Waals surface area (Å²) in [6.45, 7) is 2.13. The van der Waals surface area contributed by atoms with Gasteiger partial charge in [-0.25, -0.2) is 0 Å². The summed E-state index contributed by atoms with van der Waals surface area (Å²) < 4.78 is 6.62. The SMILES string of the molecule is CN(C)CCOc1cc(Br)cc(CN)c1. The fraction of sp³-hybridized carbons (Fsp3) is 0.455. The molecular formula is C11H17BrN2O. The van der Waals surface area contributed by atoms with Crippen LogP contribution in [0.3, 0.4) is 0 Å². The van der Waals surface area contributed by atoms with Crippen LogP contribution in [0.2, 0.25) is 0 Å². The van der Waals surface area contributed by atoms with Crippen molar-refractivity contribution in [2.45, 2.75) is 6.54 Å². The number of nitrogens with zero attached hydrogens (tertiary/aromatic N) is 1. The summed E-state index contributed by atoms with van der Waals surface area (Å²) in [6.07, 6.45) is 0. The maximum atomic E-state index is 5.61. The van der Waals surface area contributed by atoms with E-state index in [0.717, 1.165) is 22.3 Å². The molecule has 0 saturated heterocycles. The van der Waals surface area contributed by atoms with Crippen molar-refractivity contribution >= 4 is 15.9 Å². The minimum Gasteiger partial charge on any atom is -0.492 e. The lowest BCUT2D eigenvalue weighted by atomic mass is 10.2. The van der Waals surface area contributed by atoms with Crippen molar-refractivity contribution in [1.29, 1.82) is 0 Å². The molecule has 0 heterocycles. The molecule has 15 heavy (non-hydrogen) atoms. The second-order valence-electron chi connectivity index (χ2n) is 3.65. The zero-order chi connectivity index (χ0) is 11.3. The van der Waals surface area contributed by atoms with Crippen molar-refractivity contribution in [3.05, 3.63) is 28.2 Å². The number of hydrogen-bond donors (Lipinski definition) is 1. The van der Waals surface area contributed by atoms with Gasteiger partial charge >= 0.3 is 0 Å². The molecule has 0 saturated carbocycles. The second kappa shape index (κ2) is 6.10. The first kappa shape index (κ1) is 12.5. The molecule has 0 atom stereocenters. The highest BCUT2D eigenvalue weighted by Gasteiger charge is 1.99. The first-order valence-corrected chi connectivity index (χ1v) is 5.68. The first-order valence-electron chi connectivity index (χ1n) is 4.89. The molecule has 0 radical (unpaired) electrons. The maximum absolute atomic E-state index is 5.61. The molecule has 0 aliphatic rings. The molecule has 0 spiro atoms. The van der Waals surface area contributed by atoms with E-state index in [1.54, 1.807) is 0 Å². The average Bonchev–Trinajstić information content (AvgIpc) is 2.16. The van der Waals surface area contributed by atoms with E-state index in [1.807, 2.05) is 32.3 Å². The zero-order valence-electron chi connectivity index (χ0n) is 9.16. The van der Waals surface area contributed by atoms with E-state index in [1.165, 1.54) is 0 Å². The highest BCUT2D eigenvalue weighted by molar-refractivity contribution is 9.10. The molecule has 0 unspecified atom stereocenters. The van der Waals surface area contributed by atoms with Gasteiger partial charge < -0.3 is 15.4 Å². The predicted molar refractivity (Wildman–Crippen MR) is 66.1 cm³/mol. The number of benzene rings is 1. The lowest BCUT2D eigenvalue weighted by Crippen LogP contribution is -2.19. The Bertz CT molecular complexity index is 315. The minimum absolute atomic E-state index is 0.531. The minimum atomic E-state index is 0.531. The van der Waals surface area contributed by atoms with E-state index in [9.17, 15) is 0 Å². The summed E-state index contributed by atoms with van der Waals surface area (Å²) in [6, 6.07) is 5.92. The lowest BCUT2D eigenvalue weighted by Gasteiger charge is -2.12. The standard InChI is InChI=1S/C11H17BrN2O/c1-14(2)3-4-15-11-6-9(8-13)5-10(12)7-11/h5-7H,3-4,8,13H2,1-2H3. The Morgan fingerprint density at radius 2 is 2.07 bits per heavy atom. The Hall–Kier alpha value is -0.580. The van der Waals surface area contributed by atoms with Gasteiger partial charge in [-0.2, -0.15) is 0 Å². The summed E-state index contributed by atoms with van der Waals surface area (Å²) in [5.41, 5.74) is 6.65. The number of halogens is 1. The largest absolute Gasteiger partial charge is 0.492 e. The Morgan fingerprint density at radius 1 is 1.33 bits per heavy atom. The predicted octanol–water partition coefficient (Wildman–Crippen LogP) is 1.85. The summed E-state index contributed by atoms with van der Waals surface area (Å²) in [5.74, 6) is 0.867. The molecule has 4 heteroatoms. The van der Waals surface area contributed by atoms with Gasteiger partial charge in [0.2, 0.25) is 0 Å². The van der Waals surface area contributed by atoms with Crippen LogP contribution in [-0.4, -0.2) is 32.1 Å². The molecule has 0 fully saturated rings. The number of nitrogens with two attached hydrogens (primary N) is 1. The molecule has 1 aromatic carbocycles. The summed E-state index contributed by atoms with van der Waals surface area (Å²) in [4.78, 5) is 2.09. The van der Waals surface area contributed by atoms with Crippen molar-refractivity contribution < 1.29 is 4.74 Å². The third-order valence-electron chi connectivity index (χ3n) is 1.97. The quantitative estimate of drug-likeness (QED) is 0.889. The van der Waals surface area contributed by atoms with Crippen molar-refractivity contribution in [1.82, 2.24) is 4.90 Å². The molecule has 0 amide bonds. The van der Waals surface area contributed by atoms with Crippen LogP contribution in [0.25, 0.3) is 0 Å². The van der Waals surface area contributed by atoms with E-state index >= 15 is 0 Å². The van der Waals surface area contributed by atoms with Gasteiger partial charge in [0.15, 0.2) is 0 Å². The monoisotopic (exact) mass is 272 g/mol. The first-order chi connectivity index (χ1) is 7.11. The van der Waals surface area contributed by atoms with Gasteiger partial charge in [-0.15, -0.1) is 0 Å². The third kappa shape index (κ3) is 4.64. The molecule has 0 bridgehead atoms. The van der Waals surface area contributed by atoms with Crippen molar-refractivity contribution in [2.75, 3.05) is 27.2 Å². The fourth-order valence-electron chi connectivity index (χ4n) is 1.17. The molecule has 0 aliphatic carbocycles. The molecule has 2 N–H and O–H groups in total.